The van der Waals surface area contributed by atoms with Gasteiger partial charge in [-0.05, 0) is 6.07 Å². The number of nitro groups is 1. The number of H-pyrrole nitrogens is 1. The van der Waals surface area contributed by atoms with Gasteiger partial charge in [-0.25, -0.2) is 0 Å². The summed E-state index contributed by atoms with van der Waals surface area (Å²) in [7, 11) is 0. The Morgan fingerprint density at radius 3 is 2.82 bits per heavy atom. The number of nitrogens with zero attached hydrogens (tertiary/aromatic N) is 1. The summed E-state index contributed by atoms with van der Waals surface area (Å²) in [6, 6.07) is 4.69. The lowest BCUT2D eigenvalue weighted by molar-refractivity contribution is -0.384. The minimum absolute atomic E-state index is 0.0661. The van der Waals surface area contributed by atoms with Crippen molar-refractivity contribution in [2.24, 2.45) is 0 Å². The Balaban J connectivity index is 2.11. The number of non-ortho nitro benzene ring substituents is 1. The summed E-state index contributed by atoms with van der Waals surface area (Å²) in [4.78, 5) is 13.4. The van der Waals surface area contributed by atoms with E-state index in [1.54, 1.807) is 12.3 Å². The Labute approximate surface area is 96.3 Å². The van der Waals surface area contributed by atoms with Crippen LogP contribution in [0, 0.1) is 10.1 Å². The molecule has 6 heteroatoms. The fraction of sp³-hybridized carbons (Fsp3) is 0.273. The van der Waals surface area contributed by atoms with Crippen molar-refractivity contribution in [2.75, 3.05) is 13.2 Å². The van der Waals surface area contributed by atoms with Gasteiger partial charge in [0.2, 0.25) is 0 Å². The van der Waals surface area contributed by atoms with Crippen LogP contribution in [0.3, 0.4) is 0 Å². The zero-order chi connectivity index (χ0) is 11.8. The molecule has 6 nitrogen and oxygen atoms in total. The molecule has 1 aliphatic rings. The highest BCUT2D eigenvalue weighted by molar-refractivity contribution is 5.85. The van der Waals surface area contributed by atoms with Crippen molar-refractivity contribution >= 4 is 16.6 Å². The molecule has 1 aromatic heterocycles. The average Bonchev–Trinajstić information content (AvgIpc) is 2.96. The Morgan fingerprint density at radius 1 is 1.35 bits per heavy atom. The quantitative estimate of drug-likeness (QED) is 0.637. The Hall–Kier alpha value is -1.92. The molecule has 1 fully saturated rings. The van der Waals surface area contributed by atoms with Crippen molar-refractivity contribution in [2.45, 2.75) is 6.29 Å². The van der Waals surface area contributed by atoms with E-state index >= 15 is 0 Å². The van der Waals surface area contributed by atoms with E-state index in [0.717, 1.165) is 16.5 Å². The molecule has 3 rings (SSSR count). The number of hydrogen-bond acceptors (Lipinski definition) is 4. The maximum Gasteiger partial charge on any atom is 0.270 e. The van der Waals surface area contributed by atoms with Crippen molar-refractivity contribution in [3.05, 3.63) is 40.1 Å². The maximum absolute atomic E-state index is 10.7. The maximum atomic E-state index is 10.7. The molecule has 0 spiro atoms. The zero-order valence-electron chi connectivity index (χ0n) is 8.88. The van der Waals surface area contributed by atoms with E-state index in [-0.39, 0.29) is 5.69 Å². The van der Waals surface area contributed by atoms with Crippen molar-refractivity contribution in [1.82, 2.24) is 4.98 Å². The predicted octanol–water partition coefficient (Wildman–Crippen LogP) is 2.12. The predicted molar refractivity (Wildman–Crippen MR) is 59.6 cm³/mol. The monoisotopic (exact) mass is 234 g/mol. The number of aromatic amines is 1. The van der Waals surface area contributed by atoms with Gasteiger partial charge >= 0.3 is 0 Å². The first-order chi connectivity index (χ1) is 8.25. The Bertz CT molecular complexity index is 572. The van der Waals surface area contributed by atoms with Gasteiger partial charge < -0.3 is 14.5 Å². The van der Waals surface area contributed by atoms with Crippen LogP contribution in [0.15, 0.2) is 24.4 Å². The minimum atomic E-state index is -0.425. The topological polar surface area (TPSA) is 77.4 Å². The molecule has 0 aliphatic carbocycles. The van der Waals surface area contributed by atoms with Crippen molar-refractivity contribution in [1.29, 1.82) is 0 Å². The van der Waals surface area contributed by atoms with Gasteiger partial charge in [0.05, 0.1) is 18.1 Å². The number of benzene rings is 1. The number of fused-ring (bicyclic) bond motifs is 1. The summed E-state index contributed by atoms with van der Waals surface area (Å²) in [6.45, 7) is 1.10. The first kappa shape index (κ1) is 10.2. The second-order valence-corrected chi connectivity index (χ2v) is 3.80. The highest BCUT2D eigenvalue weighted by Gasteiger charge is 2.22. The largest absolute Gasteiger partial charge is 0.361 e. The van der Waals surface area contributed by atoms with Gasteiger partial charge in [-0.3, -0.25) is 10.1 Å². The van der Waals surface area contributed by atoms with E-state index in [2.05, 4.69) is 4.98 Å². The number of nitro benzene ring substituents is 1. The van der Waals surface area contributed by atoms with Crippen molar-refractivity contribution in [3.8, 4) is 0 Å². The van der Waals surface area contributed by atoms with Crippen LogP contribution in [0.5, 0.6) is 0 Å². The van der Waals surface area contributed by atoms with E-state index in [1.807, 2.05) is 0 Å². The van der Waals surface area contributed by atoms with E-state index < -0.39 is 11.2 Å². The molecule has 0 bridgehead atoms. The molecule has 1 N–H and O–H groups in total. The number of rotatable bonds is 2. The highest BCUT2D eigenvalue weighted by Crippen LogP contribution is 2.31. The van der Waals surface area contributed by atoms with Crippen LogP contribution >= 0.6 is 0 Å². The molecule has 17 heavy (non-hydrogen) atoms. The first-order valence-corrected chi connectivity index (χ1v) is 5.24. The number of hydrogen-bond donors (Lipinski definition) is 1. The molecule has 0 radical (unpaired) electrons. The second kappa shape index (κ2) is 3.83. The molecule has 0 atom stereocenters. The van der Waals surface area contributed by atoms with Crippen LogP contribution in [0.2, 0.25) is 0 Å². The number of ether oxygens (including phenoxy) is 2. The van der Waals surface area contributed by atoms with Crippen LogP contribution in [0.4, 0.5) is 5.69 Å². The highest BCUT2D eigenvalue weighted by atomic mass is 16.7. The number of aromatic nitrogens is 1. The molecule has 0 saturated carbocycles. The van der Waals surface area contributed by atoms with Gasteiger partial charge in [-0.2, -0.15) is 0 Å². The van der Waals surface area contributed by atoms with E-state index in [9.17, 15) is 10.1 Å². The molecule has 88 valence electrons. The summed E-state index contributed by atoms with van der Waals surface area (Å²) < 4.78 is 10.8. The summed E-state index contributed by atoms with van der Waals surface area (Å²) >= 11 is 0. The lowest BCUT2D eigenvalue weighted by Gasteiger charge is -2.06. The summed E-state index contributed by atoms with van der Waals surface area (Å²) in [5.74, 6) is 0. The van der Waals surface area contributed by atoms with Crippen LogP contribution in [0.25, 0.3) is 10.9 Å². The van der Waals surface area contributed by atoms with Gasteiger partial charge in [-0.1, -0.05) is 0 Å². The van der Waals surface area contributed by atoms with E-state index in [0.29, 0.717) is 13.2 Å². The summed E-state index contributed by atoms with van der Waals surface area (Å²) in [5.41, 5.74) is 1.71. The summed E-state index contributed by atoms with van der Waals surface area (Å²) in [5, 5.41) is 11.5. The fourth-order valence-electron chi connectivity index (χ4n) is 1.98. The van der Waals surface area contributed by atoms with E-state index in [4.69, 9.17) is 9.47 Å². The normalized spacial score (nSPS) is 16.7. The van der Waals surface area contributed by atoms with Crippen LogP contribution in [-0.4, -0.2) is 23.1 Å². The van der Waals surface area contributed by atoms with Crippen molar-refractivity contribution < 1.29 is 14.4 Å². The SMILES string of the molecule is O=[N+]([O-])c1ccc2[nH]cc(C3OCCO3)c2c1. The van der Waals surface area contributed by atoms with Crippen LogP contribution in [0.1, 0.15) is 11.9 Å². The molecule has 2 aromatic rings. The smallest absolute Gasteiger partial charge is 0.270 e. The standard InChI is InChI=1S/C11H10N2O4/c14-13(15)7-1-2-10-8(5-7)9(6-12-10)11-16-3-4-17-11/h1-2,5-6,11-12H,3-4H2. The Kier molecular flexibility index (Phi) is 2.31. The third kappa shape index (κ3) is 1.67. The van der Waals surface area contributed by atoms with Gasteiger partial charge in [0.15, 0.2) is 6.29 Å². The third-order valence-electron chi connectivity index (χ3n) is 2.78. The zero-order valence-corrected chi connectivity index (χ0v) is 8.88. The average molecular weight is 234 g/mol. The van der Waals surface area contributed by atoms with Gasteiger partial charge in [0.1, 0.15) is 0 Å². The molecule has 2 heterocycles. The summed E-state index contributed by atoms with van der Waals surface area (Å²) in [6.07, 6.45) is 1.34. The molecule has 0 unspecified atom stereocenters. The third-order valence-corrected chi connectivity index (χ3v) is 2.78. The molecular formula is C11H10N2O4. The fourth-order valence-corrected chi connectivity index (χ4v) is 1.98. The molecule has 1 aliphatic heterocycles. The van der Waals surface area contributed by atoms with Crippen molar-refractivity contribution in [3.63, 3.8) is 0 Å². The lowest BCUT2D eigenvalue weighted by atomic mass is 10.1. The molecule has 1 saturated heterocycles. The lowest BCUT2D eigenvalue weighted by Crippen LogP contribution is -1.96. The van der Waals surface area contributed by atoms with Crippen LogP contribution < -0.4 is 0 Å². The molecular weight excluding hydrogens is 224 g/mol. The van der Waals surface area contributed by atoms with Gasteiger partial charge in [0.25, 0.3) is 5.69 Å². The minimum Gasteiger partial charge on any atom is -0.361 e. The first-order valence-electron chi connectivity index (χ1n) is 5.24. The Morgan fingerprint density at radius 2 is 2.12 bits per heavy atom. The van der Waals surface area contributed by atoms with Gasteiger partial charge in [0, 0.05) is 34.8 Å². The van der Waals surface area contributed by atoms with E-state index in [1.165, 1.54) is 12.1 Å². The second-order valence-electron chi connectivity index (χ2n) is 3.80. The molecule has 1 aromatic carbocycles. The van der Waals surface area contributed by atoms with Gasteiger partial charge in [-0.15, -0.1) is 0 Å². The molecule has 0 amide bonds. The van der Waals surface area contributed by atoms with Crippen LogP contribution in [-0.2, 0) is 9.47 Å². The number of nitrogens with one attached hydrogen (secondary N) is 1.